The molecule has 0 unspecified atom stereocenters. The molecule has 3 aromatic rings. The highest BCUT2D eigenvalue weighted by atomic mass is 16.5. The van der Waals surface area contributed by atoms with Gasteiger partial charge in [0.1, 0.15) is 5.75 Å². The van der Waals surface area contributed by atoms with E-state index in [9.17, 15) is 0 Å². The van der Waals surface area contributed by atoms with Crippen molar-refractivity contribution in [3.8, 4) is 5.75 Å². The molecule has 0 aliphatic carbocycles. The van der Waals surface area contributed by atoms with Crippen molar-refractivity contribution in [3.63, 3.8) is 0 Å². The number of benzene rings is 2. The van der Waals surface area contributed by atoms with Crippen molar-refractivity contribution in [1.29, 1.82) is 0 Å². The summed E-state index contributed by atoms with van der Waals surface area (Å²) in [5.74, 6) is 2.31. The average molecular weight is 363 g/mol. The van der Waals surface area contributed by atoms with Crippen LogP contribution in [0.3, 0.4) is 0 Å². The number of hydrogen-bond acceptors (Lipinski definition) is 6. The van der Waals surface area contributed by atoms with Gasteiger partial charge in [-0.25, -0.2) is 0 Å². The molecule has 0 aliphatic heterocycles. The predicted molar refractivity (Wildman–Crippen MR) is 109 cm³/mol. The van der Waals surface area contributed by atoms with Crippen LogP contribution in [0.4, 0.5) is 23.1 Å². The molecule has 140 valence electrons. The summed E-state index contributed by atoms with van der Waals surface area (Å²) in [6, 6.07) is 15.9. The van der Waals surface area contributed by atoms with E-state index in [1.54, 1.807) is 6.20 Å². The molecule has 6 nitrogen and oxygen atoms in total. The number of anilines is 4. The molecule has 0 atom stereocenters. The van der Waals surface area contributed by atoms with Crippen LogP contribution in [0.1, 0.15) is 39.2 Å². The number of nitrogens with zero attached hydrogens (tertiary/aromatic N) is 3. The van der Waals surface area contributed by atoms with Crippen molar-refractivity contribution in [1.82, 2.24) is 15.2 Å². The van der Waals surface area contributed by atoms with Crippen molar-refractivity contribution in [2.75, 3.05) is 10.6 Å². The van der Waals surface area contributed by atoms with E-state index in [-0.39, 0.29) is 6.10 Å². The maximum atomic E-state index is 5.65. The molecule has 6 heteroatoms. The zero-order valence-electron chi connectivity index (χ0n) is 16.1. The lowest BCUT2D eigenvalue weighted by Gasteiger charge is -2.14. The number of hydrogen-bond donors (Lipinski definition) is 2. The molecule has 0 aliphatic rings. The van der Waals surface area contributed by atoms with Crippen molar-refractivity contribution in [2.24, 2.45) is 0 Å². The maximum absolute atomic E-state index is 5.65. The summed E-state index contributed by atoms with van der Waals surface area (Å²) in [4.78, 5) is 4.51. The Bertz CT molecular complexity index is 878. The zero-order chi connectivity index (χ0) is 19.2. The van der Waals surface area contributed by atoms with Crippen molar-refractivity contribution < 1.29 is 4.74 Å². The molecule has 27 heavy (non-hydrogen) atoms. The lowest BCUT2D eigenvalue weighted by atomic mass is 10.0. The summed E-state index contributed by atoms with van der Waals surface area (Å²) < 4.78 is 5.65. The summed E-state index contributed by atoms with van der Waals surface area (Å²) in [6.07, 6.45) is 1.76. The van der Waals surface area contributed by atoms with Crippen LogP contribution in [0, 0.1) is 0 Å². The normalized spacial score (nSPS) is 10.9. The van der Waals surface area contributed by atoms with E-state index >= 15 is 0 Å². The first-order valence-corrected chi connectivity index (χ1v) is 9.10. The minimum atomic E-state index is 0.146. The minimum Gasteiger partial charge on any atom is -0.491 e. The third-order valence-electron chi connectivity index (χ3n) is 3.89. The summed E-state index contributed by atoms with van der Waals surface area (Å²) >= 11 is 0. The van der Waals surface area contributed by atoms with E-state index in [1.807, 2.05) is 56.3 Å². The zero-order valence-corrected chi connectivity index (χ0v) is 16.1. The van der Waals surface area contributed by atoms with Crippen LogP contribution in [0.25, 0.3) is 0 Å². The first kappa shape index (κ1) is 18.6. The van der Waals surface area contributed by atoms with Gasteiger partial charge in [0.05, 0.1) is 12.3 Å². The van der Waals surface area contributed by atoms with Gasteiger partial charge >= 0.3 is 0 Å². The lowest BCUT2D eigenvalue weighted by molar-refractivity contribution is 0.242. The summed E-state index contributed by atoms with van der Waals surface area (Å²) in [5, 5.41) is 14.6. The Balaban J connectivity index is 1.72. The molecule has 2 aromatic carbocycles. The molecule has 0 radical (unpaired) electrons. The summed E-state index contributed by atoms with van der Waals surface area (Å²) in [5.41, 5.74) is 3.12. The quantitative estimate of drug-likeness (QED) is 0.596. The van der Waals surface area contributed by atoms with Crippen LogP contribution in [0.15, 0.2) is 54.7 Å². The Morgan fingerprint density at radius 1 is 0.889 bits per heavy atom. The van der Waals surface area contributed by atoms with Gasteiger partial charge in [0.25, 0.3) is 0 Å². The molecule has 3 rings (SSSR count). The molecule has 2 N–H and O–H groups in total. The van der Waals surface area contributed by atoms with Crippen molar-refractivity contribution in [3.05, 3.63) is 60.3 Å². The number of rotatable bonds is 7. The SMILES string of the molecule is CC(C)Oc1ccc(Nc2nncc(Nc3ccccc3C(C)C)n2)cc1. The summed E-state index contributed by atoms with van der Waals surface area (Å²) in [7, 11) is 0. The van der Waals surface area contributed by atoms with Gasteiger partial charge in [-0.1, -0.05) is 32.0 Å². The third kappa shape index (κ3) is 5.17. The Kier molecular flexibility index (Phi) is 5.86. The van der Waals surface area contributed by atoms with Gasteiger partial charge < -0.3 is 15.4 Å². The van der Waals surface area contributed by atoms with Crippen molar-refractivity contribution >= 4 is 23.1 Å². The highest BCUT2D eigenvalue weighted by Crippen LogP contribution is 2.26. The number of para-hydroxylation sites is 1. The van der Waals surface area contributed by atoms with Gasteiger partial charge in [0.15, 0.2) is 5.82 Å². The molecule has 0 fully saturated rings. The van der Waals surface area contributed by atoms with Gasteiger partial charge in [-0.2, -0.15) is 10.1 Å². The Morgan fingerprint density at radius 3 is 2.33 bits per heavy atom. The first-order chi connectivity index (χ1) is 13.0. The van der Waals surface area contributed by atoms with E-state index in [2.05, 4.69) is 45.7 Å². The number of nitrogens with one attached hydrogen (secondary N) is 2. The Morgan fingerprint density at radius 2 is 1.63 bits per heavy atom. The van der Waals surface area contributed by atoms with E-state index in [4.69, 9.17) is 4.74 Å². The van der Waals surface area contributed by atoms with E-state index in [0.717, 1.165) is 17.1 Å². The summed E-state index contributed by atoms with van der Waals surface area (Å²) in [6.45, 7) is 8.33. The molecule has 0 amide bonds. The van der Waals surface area contributed by atoms with Crippen molar-refractivity contribution in [2.45, 2.75) is 39.7 Å². The molecule has 0 spiro atoms. The van der Waals surface area contributed by atoms with Gasteiger partial charge in [-0.3, -0.25) is 0 Å². The second-order valence-electron chi connectivity index (χ2n) is 6.85. The fourth-order valence-electron chi connectivity index (χ4n) is 2.69. The highest BCUT2D eigenvalue weighted by Gasteiger charge is 2.08. The van der Waals surface area contributed by atoms with Gasteiger partial charge in [-0.05, 0) is 55.7 Å². The van der Waals surface area contributed by atoms with Crippen LogP contribution in [0.2, 0.25) is 0 Å². The first-order valence-electron chi connectivity index (χ1n) is 9.10. The average Bonchev–Trinajstić information content (AvgIpc) is 2.63. The van der Waals surface area contributed by atoms with Crippen LogP contribution < -0.4 is 15.4 Å². The predicted octanol–water partition coefficient (Wildman–Crippen LogP) is 5.27. The smallest absolute Gasteiger partial charge is 0.249 e. The van der Waals surface area contributed by atoms with Gasteiger partial charge in [0, 0.05) is 11.4 Å². The Labute approximate surface area is 160 Å². The largest absolute Gasteiger partial charge is 0.491 e. The van der Waals surface area contributed by atoms with E-state index in [1.165, 1.54) is 5.56 Å². The number of aromatic nitrogens is 3. The molecule has 0 bridgehead atoms. The van der Waals surface area contributed by atoms with Gasteiger partial charge in [0.2, 0.25) is 5.95 Å². The standard InChI is InChI=1S/C21H25N5O/c1-14(2)18-7-5-6-8-19(18)24-20-13-22-26-21(25-20)23-16-9-11-17(12-10-16)27-15(3)4/h5-15H,1-4H3,(H2,23,24,25,26). The minimum absolute atomic E-state index is 0.146. The Hall–Kier alpha value is -3.15. The fourth-order valence-corrected chi connectivity index (χ4v) is 2.69. The third-order valence-corrected chi connectivity index (χ3v) is 3.89. The molecule has 0 saturated carbocycles. The molecular formula is C21H25N5O. The van der Waals surface area contributed by atoms with Crippen LogP contribution in [-0.4, -0.2) is 21.3 Å². The van der Waals surface area contributed by atoms with E-state index in [0.29, 0.717) is 17.7 Å². The second kappa shape index (κ2) is 8.49. The molecule has 1 aromatic heterocycles. The maximum Gasteiger partial charge on any atom is 0.249 e. The molecule has 1 heterocycles. The van der Waals surface area contributed by atoms with Gasteiger partial charge in [-0.15, -0.1) is 5.10 Å². The lowest BCUT2D eigenvalue weighted by Crippen LogP contribution is -2.06. The highest BCUT2D eigenvalue weighted by molar-refractivity contribution is 5.62. The number of ether oxygens (including phenoxy) is 1. The topological polar surface area (TPSA) is 72.0 Å². The van der Waals surface area contributed by atoms with Crippen LogP contribution >= 0.6 is 0 Å². The van der Waals surface area contributed by atoms with Crippen LogP contribution in [0.5, 0.6) is 5.75 Å². The second-order valence-corrected chi connectivity index (χ2v) is 6.85. The van der Waals surface area contributed by atoms with Crippen LogP contribution in [-0.2, 0) is 0 Å². The molecular weight excluding hydrogens is 338 g/mol. The monoisotopic (exact) mass is 363 g/mol. The molecule has 0 saturated heterocycles. The van der Waals surface area contributed by atoms with E-state index < -0.39 is 0 Å². The fraction of sp³-hybridized carbons (Fsp3) is 0.286.